The van der Waals surface area contributed by atoms with Crippen LogP contribution in [0.5, 0.6) is 0 Å². The lowest BCUT2D eigenvalue weighted by atomic mass is 9.95. The van der Waals surface area contributed by atoms with Gasteiger partial charge in [-0.25, -0.2) is 8.42 Å². The van der Waals surface area contributed by atoms with Crippen LogP contribution in [0.25, 0.3) is 0 Å². The van der Waals surface area contributed by atoms with Gasteiger partial charge >= 0.3 is 6.18 Å². The monoisotopic (exact) mass is 421 g/mol. The molecule has 2 rings (SSSR count). The summed E-state index contributed by atoms with van der Waals surface area (Å²) in [5, 5.41) is 2.54. The summed E-state index contributed by atoms with van der Waals surface area (Å²) >= 11 is 0. The van der Waals surface area contributed by atoms with E-state index < -0.39 is 38.6 Å². The molecule has 156 valence electrons. The van der Waals surface area contributed by atoms with Crippen molar-refractivity contribution in [3.8, 4) is 0 Å². The average molecular weight is 421 g/mol. The van der Waals surface area contributed by atoms with Crippen LogP contribution in [-0.4, -0.2) is 51.3 Å². The number of likely N-dealkylation sites (tertiary alicyclic amines) is 1. The molecule has 2 amide bonds. The summed E-state index contributed by atoms with van der Waals surface area (Å²) < 4.78 is 66.2. The summed E-state index contributed by atoms with van der Waals surface area (Å²) in [4.78, 5) is 24.6. The number of nitrogens with zero attached hydrogens (tertiary/aromatic N) is 1. The number of carbonyl (C=O) groups excluding carboxylic acids is 2. The molecule has 0 spiro atoms. The lowest BCUT2D eigenvalue weighted by Crippen LogP contribution is -2.50. The van der Waals surface area contributed by atoms with Crippen LogP contribution in [-0.2, 0) is 25.8 Å². The van der Waals surface area contributed by atoms with Crippen molar-refractivity contribution in [2.75, 3.05) is 20.1 Å². The number of piperidine rings is 1. The molecule has 0 unspecified atom stereocenters. The molecule has 28 heavy (non-hydrogen) atoms. The molecule has 2 N–H and O–H groups in total. The molecule has 1 aromatic rings. The zero-order chi connectivity index (χ0) is 21.1. The molecule has 0 aliphatic carbocycles. The van der Waals surface area contributed by atoms with E-state index in [-0.39, 0.29) is 24.9 Å². The third kappa shape index (κ3) is 5.02. The zero-order valence-electron chi connectivity index (χ0n) is 15.4. The second kappa shape index (κ2) is 8.48. The lowest BCUT2D eigenvalue weighted by Gasteiger charge is -2.33. The van der Waals surface area contributed by atoms with E-state index in [9.17, 15) is 31.2 Å². The Morgan fingerprint density at radius 3 is 2.29 bits per heavy atom. The Hall–Kier alpha value is -2.14. The fourth-order valence-electron chi connectivity index (χ4n) is 3.12. The third-order valence-corrected chi connectivity index (χ3v) is 6.21. The smallest absolute Gasteiger partial charge is 0.359 e. The van der Waals surface area contributed by atoms with Crippen LogP contribution in [0.4, 0.5) is 13.2 Å². The van der Waals surface area contributed by atoms with Gasteiger partial charge in [0.25, 0.3) is 0 Å². The summed E-state index contributed by atoms with van der Waals surface area (Å²) in [6.07, 6.45) is -3.98. The Morgan fingerprint density at radius 1 is 1.18 bits per heavy atom. The molecule has 1 aliphatic rings. The van der Waals surface area contributed by atoms with Crippen LogP contribution in [0.2, 0.25) is 0 Å². The van der Waals surface area contributed by atoms with E-state index >= 15 is 0 Å². The van der Waals surface area contributed by atoms with Crippen molar-refractivity contribution in [1.29, 1.82) is 0 Å². The minimum Gasteiger partial charge on any atom is -0.359 e. The van der Waals surface area contributed by atoms with Crippen molar-refractivity contribution in [2.45, 2.75) is 36.9 Å². The summed E-state index contributed by atoms with van der Waals surface area (Å²) in [5.41, 5.74) is -1.30. The van der Waals surface area contributed by atoms with Gasteiger partial charge in [-0.3, -0.25) is 9.59 Å². The van der Waals surface area contributed by atoms with Gasteiger partial charge < -0.3 is 10.2 Å². The third-order valence-electron chi connectivity index (χ3n) is 4.61. The van der Waals surface area contributed by atoms with Gasteiger partial charge in [-0.2, -0.15) is 17.9 Å². The summed E-state index contributed by atoms with van der Waals surface area (Å²) in [6, 6.07) is 2.54. The Balaban J connectivity index is 2.09. The van der Waals surface area contributed by atoms with Gasteiger partial charge in [0.05, 0.1) is 16.5 Å². The largest absolute Gasteiger partial charge is 0.417 e. The maximum Gasteiger partial charge on any atom is 0.417 e. The maximum atomic E-state index is 13.1. The second-order valence-corrected chi connectivity index (χ2v) is 8.23. The van der Waals surface area contributed by atoms with Gasteiger partial charge in [0.1, 0.15) is 0 Å². The highest BCUT2D eigenvalue weighted by Gasteiger charge is 2.38. The number of hydrogen-bond acceptors (Lipinski definition) is 4. The first-order valence-corrected chi connectivity index (χ1v) is 10.1. The number of nitrogens with one attached hydrogen (secondary N) is 2. The normalized spacial score (nSPS) is 17.2. The van der Waals surface area contributed by atoms with E-state index in [1.54, 1.807) is 0 Å². The Morgan fingerprint density at radius 2 is 1.75 bits per heavy atom. The zero-order valence-corrected chi connectivity index (χ0v) is 16.2. The van der Waals surface area contributed by atoms with Crippen molar-refractivity contribution in [1.82, 2.24) is 14.9 Å². The fourth-order valence-corrected chi connectivity index (χ4v) is 4.55. The SMILES string of the molecule is CNC(=O)C1CCN(C(=O)[C@H](C)NS(=O)(=O)c2ccccc2C(F)(F)F)CC1. The standard InChI is InChI=1S/C17H22F3N3O4S/c1-11(16(25)23-9-7-12(8-10-23)15(24)21-2)22-28(26,27)14-6-4-3-5-13(14)17(18,19)20/h3-6,11-12,22H,7-10H2,1-2H3,(H,21,24)/t11-/m0/s1. The number of benzene rings is 1. The molecule has 7 nitrogen and oxygen atoms in total. The van der Waals surface area contributed by atoms with Gasteiger partial charge in [-0.1, -0.05) is 12.1 Å². The predicted octanol–water partition coefficient (Wildman–Crippen LogP) is 1.36. The number of amides is 2. The number of carbonyl (C=O) groups is 2. The van der Waals surface area contributed by atoms with Gasteiger partial charge in [0, 0.05) is 26.1 Å². The van der Waals surface area contributed by atoms with E-state index in [1.807, 2.05) is 4.72 Å². The van der Waals surface area contributed by atoms with Gasteiger partial charge in [0.2, 0.25) is 21.8 Å². The number of halogens is 3. The van der Waals surface area contributed by atoms with Crippen molar-refractivity contribution < 1.29 is 31.2 Å². The van der Waals surface area contributed by atoms with Gasteiger partial charge in [-0.05, 0) is 31.9 Å². The van der Waals surface area contributed by atoms with E-state index in [2.05, 4.69) is 5.32 Å². The number of rotatable bonds is 5. The molecule has 0 bridgehead atoms. The minimum absolute atomic E-state index is 0.121. The number of sulfonamides is 1. The topological polar surface area (TPSA) is 95.6 Å². The first-order valence-electron chi connectivity index (χ1n) is 8.66. The molecule has 0 radical (unpaired) electrons. The fraction of sp³-hybridized carbons (Fsp3) is 0.529. The highest BCUT2D eigenvalue weighted by atomic mass is 32.2. The van der Waals surface area contributed by atoms with E-state index in [4.69, 9.17) is 0 Å². The van der Waals surface area contributed by atoms with Crippen molar-refractivity contribution >= 4 is 21.8 Å². The summed E-state index contributed by atoms with van der Waals surface area (Å²) in [5.74, 6) is -0.896. The molecule has 1 heterocycles. The minimum atomic E-state index is -4.85. The van der Waals surface area contributed by atoms with Gasteiger partial charge in [0.15, 0.2) is 0 Å². The molecule has 0 aromatic heterocycles. The molecule has 1 atom stereocenters. The van der Waals surface area contributed by atoms with Crippen LogP contribution in [0.1, 0.15) is 25.3 Å². The van der Waals surface area contributed by atoms with Crippen LogP contribution in [0.3, 0.4) is 0 Å². The quantitative estimate of drug-likeness (QED) is 0.751. The molecular formula is C17H22F3N3O4S. The molecule has 1 aliphatic heterocycles. The summed E-state index contributed by atoms with van der Waals surface area (Å²) in [6.45, 7) is 1.81. The maximum absolute atomic E-state index is 13.1. The lowest BCUT2D eigenvalue weighted by molar-refractivity contribution is -0.139. The van der Waals surface area contributed by atoms with Gasteiger partial charge in [-0.15, -0.1) is 0 Å². The number of hydrogen-bond donors (Lipinski definition) is 2. The first kappa shape index (κ1) is 22.2. The van der Waals surface area contributed by atoms with Crippen LogP contribution in [0.15, 0.2) is 29.2 Å². The highest BCUT2D eigenvalue weighted by Crippen LogP contribution is 2.34. The molecule has 1 fully saturated rings. The van der Waals surface area contributed by atoms with E-state index in [0.29, 0.717) is 18.9 Å². The van der Waals surface area contributed by atoms with Crippen LogP contribution >= 0.6 is 0 Å². The molecular weight excluding hydrogens is 399 g/mol. The van der Waals surface area contributed by atoms with Crippen molar-refractivity contribution in [3.05, 3.63) is 29.8 Å². The van der Waals surface area contributed by atoms with E-state index in [1.165, 1.54) is 24.9 Å². The molecule has 1 aromatic carbocycles. The molecule has 11 heteroatoms. The van der Waals surface area contributed by atoms with Crippen molar-refractivity contribution in [3.63, 3.8) is 0 Å². The van der Waals surface area contributed by atoms with E-state index in [0.717, 1.165) is 12.1 Å². The van der Waals surface area contributed by atoms with Crippen LogP contribution in [0, 0.1) is 5.92 Å². The molecule has 0 saturated carbocycles. The number of alkyl halides is 3. The van der Waals surface area contributed by atoms with Crippen LogP contribution < -0.4 is 10.0 Å². The molecule has 1 saturated heterocycles. The Labute approximate surface area is 161 Å². The Kier molecular flexibility index (Phi) is 6.71. The van der Waals surface area contributed by atoms with Crippen molar-refractivity contribution in [2.24, 2.45) is 5.92 Å². The summed E-state index contributed by atoms with van der Waals surface area (Å²) in [7, 11) is -3.04. The predicted molar refractivity (Wildman–Crippen MR) is 94.6 cm³/mol. The second-order valence-electron chi connectivity index (χ2n) is 6.55. The first-order chi connectivity index (χ1) is 13.0. The highest BCUT2D eigenvalue weighted by molar-refractivity contribution is 7.89. The average Bonchev–Trinajstić information content (AvgIpc) is 2.66. The Bertz CT molecular complexity index is 834.